The molecule has 0 bridgehead atoms. The predicted octanol–water partition coefficient (Wildman–Crippen LogP) is 5.07. The van der Waals surface area contributed by atoms with Gasteiger partial charge in [-0.05, 0) is 41.5 Å². The van der Waals surface area contributed by atoms with Gasteiger partial charge in [-0.3, -0.25) is 0 Å². The second kappa shape index (κ2) is 7.03. The van der Waals surface area contributed by atoms with Crippen LogP contribution in [-0.4, -0.2) is 19.2 Å². The van der Waals surface area contributed by atoms with Crippen LogP contribution < -0.4 is 5.46 Å². The highest BCUT2D eigenvalue weighted by Crippen LogP contribution is 2.34. The van der Waals surface area contributed by atoms with Crippen molar-refractivity contribution in [2.45, 2.75) is 0 Å². The Morgan fingerprint density at radius 3 is 2.25 bits per heavy atom. The first-order valence-electron chi connectivity index (χ1n) is 9.52. The summed E-state index contributed by atoms with van der Waals surface area (Å²) in [4.78, 5) is 0. The highest BCUT2D eigenvalue weighted by molar-refractivity contribution is 6.47. The van der Waals surface area contributed by atoms with E-state index in [9.17, 15) is 0 Å². The lowest BCUT2D eigenvalue weighted by Gasteiger charge is -2.08. The first kappa shape index (κ1) is 16.8. The summed E-state index contributed by atoms with van der Waals surface area (Å²) in [5.74, 6) is 0. The summed E-state index contributed by atoms with van der Waals surface area (Å²) in [7, 11) is 2.36. The molecule has 0 unspecified atom stereocenters. The lowest BCUT2D eigenvalue weighted by atomic mass is 9.86. The zero-order valence-corrected chi connectivity index (χ0v) is 15.8. The number of para-hydroxylation sites is 2. The first-order valence-corrected chi connectivity index (χ1v) is 9.52. The summed E-state index contributed by atoms with van der Waals surface area (Å²) in [5, 5.41) is 2.55. The molecule has 1 aromatic heterocycles. The second-order valence-corrected chi connectivity index (χ2v) is 7.05. The third kappa shape index (κ3) is 2.81. The van der Waals surface area contributed by atoms with E-state index >= 15 is 0 Å². The van der Waals surface area contributed by atoms with Crippen molar-refractivity contribution < 1.29 is 4.65 Å². The molecule has 3 heteroatoms. The van der Waals surface area contributed by atoms with E-state index in [1.165, 1.54) is 44.1 Å². The minimum atomic E-state index is 0.628. The zero-order chi connectivity index (χ0) is 18.9. The molecule has 2 nitrogen and oxygen atoms in total. The van der Waals surface area contributed by atoms with E-state index in [-0.39, 0.29) is 0 Å². The molecule has 0 saturated carbocycles. The SMILES string of the molecule is COBc1cccc(-c2ccc3c(c2)c2ccccc2n3-c2ccccc2)c1. The quantitative estimate of drug-likeness (QED) is 0.408. The molecule has 0 saturated heterocycles. The summed E-state index contributed by atoms with van der Waals surface area (Å²) in [6, 6.07) is 34.5. The molecule has 0 fully saturated rings. The average molecular weight is 361 g/mol. The van der Waals surface area contributed by atoms with Crippen LogP contribution in [0.5, 0.6) is 0 Å². The Morgan fingerprint density at radius 2 is 1.39 bits per heavy atom. The van der Waals surface area contributed by atoms with Gasteiger partial charge in [0, 0.05) is 23.6 Å². The molecule has 0 aliphatic rings. The number of fused-ring (bicyclic) bond motifs is 3. The van der Waals surface area contributed by atoms with Crippen LogP contribution in [0, 0.1) is 0 Å². The third-order valence-electron chi connectivity index (χ3n) is 5.26. The fourth-order valence-electron chi connectivity index (χ4n) is 4.02. The van der Waals surface area contributed by atoms with Gasteiger partial charge in [0.25, 0.3) is 0 Å². The van der Waals surface area contributed by atoms with Gasteiger partial charge in [-0.1, -0.05) is 72.2 Å². The Balaban J connectivity index is 1.75. The van der Waals surface area contributed by atoms with E-state index in [0.29, 0.717) is 7.48 Å². The van der Waals surface area contributed by atoms with Gasteiger partial charge in [0.05, 0.1) is 11.0 Å². The Hall–Kier alpha value is -3.30. The molecular weight excluding hydrogens is 341 g/mol. The van der Waals surface area contributed by atoms with Gasteiger partial charge in [0.2, 0.25) is 0 Å². The summed E-state index contributed by atoms with van der Waals surface area (Å²) in [5.41, 5.74) is 7.27. The second-order valence-electron chi connectivity index (χ2n) is 7.05. The van der Waals surface area contributed by atoms with Crippen molar-refractivity contribution in [2.75, 3.05) is 7.11 Å². The molecule has 0 amide bonds. The number of rotatable bonds is 4. The number of aromatic nitrogens is 1. The summed E-state index contributed by atoms with van der Waals surface area (Å²) < 4.78 is 7.64. The topological polar surface area (TPSA) is 14.2 Å². The summed E-state index contributed by atoms with van der Waals surface area (Å²) >= 11 is 0. The van der Waals surface area contributed by atoms with Crippen molar-refractivity contribution in [1.29, 1.82) is 0 Å². The first-order chi connectivity index (χ1) is 13.8. The molecule has 134 valence electrons. The van der Waals surface area contributed by atoms with Crippen LogP contribution in [0.2, 0.25) is 0 Å². The molecule has 0 aliphatic carbocycles. The van der Waals surface area contributed by atoms with E-state index in [4.69, 9.17) is 4.65 Å². The molecule has 0 atom stereocenters. The van der Waals surface area contributed by atoms with Gasteiger partial charge in [0.15, 0.2) is 0 Å². The van der Waals surface area contributed by atoms with Gasteiger partial charge >= 0.3 is 7.48 Å². The van der Waals surface area contributed by atoms with Crippen molar-refractivity contribution in [3.63, 3.8) is 0 Å². The minimum absolute atomic E-state index is 0.628. The van der Waals surface area contributed by atoms with E-state index in [1.807, 2.05) is 0 Å². The van der Waals surface area contributed by atoms with E-state index in [2.05, 4.69) is 102 Å². The van der Waals surface area contributed by atoms with Crippen molar-refractivity contribution in [3.05, 3.63) is 97.1 Å². The van der Waals surface area contributed by atoms with Crippen LogP contribution in [0.1, 0.15) is 0 Å². The van der Waals surface area contributed by atoms with Crippen LogP contribution in [0.4, 0.5) is 0 Å². The Labute approximate surface area is 165 Å². The standard InChI is InChI=1S/C25H20BNO/c1-28-26-20-9-7-8-18(16-20)19-14-15-25-23(17-19)22-12-5-6-13-24(22)27(25)21-10-3-2-4-11-21/h2-17,26H,1H3. The molecule has 4 aromatic carbocycles. The summed E-state index contributed by atoms with van der Waals surface area (Å²) in [6.07, 6.45) is 0. The van der Waals surface area contributed by atoms with Crippen LogP contribution in [-0.2, 0) is 4.65 Å². The normalized spacial score (nSPS) is 11.2. The molecular formula is C25H20BNO. The molecule has 0 spiro atoms. The Bertz CT molecular complexity index is 1270. The van der Waals surface area contributed by atoms with Gasteiger partial charge in [-0.2, -0.15) is 0 Å². The molecule has 0 aliphatic heterocycles. The lowest BCUT2D eigenvalue weighted by Crippen LogP contribution is -2.15. The highest BCUT2D eigenvalue weighted by Gasteiger charge is 2.12. The minimum Gasteiger partial charge on any atom is -0.437 e. The third-order valence-corrected chi connectivity index (χ3v) is 5.26. The Morgan fingerprint density at radius 1 is 0.643 bits per heavy atom. The van der Waals surface area contributed by atoms with Crippen molar-refractivity contribution in [3.8, 4) is 16.8 Å². The van der Waals surface area contributed by atoms with Gasteiger partial charge in [0.1, 0.15) is 0 Å². The van der Waals surface area contributed by atoms with Gasteiger partial charge in [-0.25, -0.2) is 0 Å². The molecule has 0 radical (unpaired) electrons. The fourth-order valence-corrected chi connectivity index (χ4v) is 4.02. The predicted molar refractivity (Wildman–Crippen MR) is 120 cm³/mol. The zero-order valence-electron chi connectivity index (χ0n) is 15.8. The van der Waals surface area contributed by atoms with E-state index in [1.54, 1.807) is 7.11 Å². The van der Waals surface area contributed by atoms with E-state index < -0.39 is 0 Å². The van der Waals surface area contributed by atoms with Crippen molar-refractivity contribution in [1.82, 2.24) is 4.57 Å². The molecule has 1 heterocycles. The molecule has 0 N–H and O–H groups in total. The highest BCUT2D eigenvalue weighted by atomic mass is 16.4. The fraction of sp³-hybridized carbons (Fsp3) is 0.0400. The van der Waals surface area contributed by atoms with Gasteiger partial charge in [-0.15, -0.1) is 0 Å². The molecule has 5 aromatic rings. The van der Waals surface area contributed by atoms with Crippen LogP contribution in [0.15, 0.2) is 97.1 Å². The summed E-state index contributed by atoms with van der Waals surface area (Å²) in [6.45, 7) is 0. The van der Waals surface area contributed by atoms with Crippen molar-refractivity contribution in [2.24, 2.45) is 0 Å². The maximum atomic E-state index is 5.30. The largest absolute Gasteiger partial charge is 0.437 e. The van der Waals surface area contributed by atoms with Crippen molar-refractivity contribution >= 4 is 34.8 Å². The van der Waals surface area contributed by atoms with Crippen LogP contribution in [0.25, 0.3) is 38.6 Å². The molecule has 28 heavy (non-hydrogen) atoms. The maximum Gasteiger partial charge on any atom is 0.308 e. The average Bonchev–Trinajstić information content (AvgIpc) is 3.08. The Kier molecular flexibility index (Phi) is 4.23. The molecule has 5 rings (SSSR count). The van der Waals surface area contributed by atoms with Crippen LogP contribution >= 0.6 is 0 Å². The number of hydrogen-bond donors (Lipinski definition) is 0. The number of benzene rings is 4. The monoisotopic (exact) mass is 361 g/mol. The lowest BCUT2D eigenvalue weighted by molar-refractivity contribution is 0.450. The maximum absolute atomic E-state index is 5.30. The van der Waals surface area contributed by atoms with Gasteiger partial charge < -0.3 is 9.22 Å². The number of hydrogen-bond acceptors (Lipinski definition) is 1. The van der Waals surface area contributed by atoms with Crippen LogP contribution in [0.3, 0.4) is 0 Å². The smallest absolute Gasteiger partial charge is 0.308 e. The number of nitrogens with zero attached hydrogens (tertiary/aromatic N) is 1. The van der Waals surface area contributed by atoms with E-state index in [0.717, 1.165) is 0 Å².